The van der Waals surface area contributed by atoms with Crippen LogP contribution in [0.15, 0.2) is 70.6 Å². The summed E-state index contributed by atoms with van der Waals surface area (Å²) in [4.78, 5) is 9.45. The van der Waals surface area contributed by atoms with Crippen LogP contribution in [0.3, 0.4) is 0 Å². The van der Waals surface area contributed by atoms with Gasteiger partial charge in [-0.3, -0.25) is 9.98 Å². The second-order valence-electron chi connectivity index (χ2n) is 13.2. The van der Waals surface area contributed by atoms with Crippen molar-refractivity contribution in [2.24, 2.45) is 20.8 Å². The predicted octanol–water partition coefficient (Wildman–Crippen LogP) is 6.97. The minimum Gasteiger partial charge on any atom is -0.504 e. The Hall–Kier alpha value is -4.14. The van der Waals surface area contributed by atoms with Gasteiger partial charge in [0.15, 0.2) is 23.0 Å². The second-order valence-corrected chi connectivity index (χ2v) is 13.2. The van der Waals surface area contributed by atoms with E-state index in [1.807, 2.05) is 74.5 Å². The molecule has 0 unspecified atom stereocenters. The van der Waals surface area contributed by atoms with Gasteiger partial charge in [-0.15, -0.1) is 0 Å². The standard InChI is InChI=1S/C38H50N4O4/c1-7-45-33-19-27-13-9-11-15-29(27)31(35(33)43)21-41-25-37(3,4)23-39-17-18-40-24-38(5,6)26-42-22-32-30-16-12-10-14-28(30)20-34(36(32)44)46-8-2/h9-16,19-22,39-40,43-44H,7-8,17-18,23-26H2,1-6H3. The highest BCUT2D eigenvalue weighted by Crippen LogP contribution is 2.37. The van der Waals surface area contributed by atoms with E-state index >= 15 is 0 Å². The monoisotopic (exact) mass is 626 g/mol. The fourth-order valence-electron chi connectivity index (χ4n) is 5.38. The molecule has 8 nitrogen and oxygen atoms in total. The van der Waals surface area contributed by atoms with Crippen molar-refractivity contribution in [3.63, 3.8) is 0 Å². The van der Waals surface area contributed by atoms with Crippen LogP contribution in [0.5, 0.6) is 23.0 Å². The molecule has 4 aromatic rings. The highest BCUT2D eigenvalue weighted by molar-refractivity contribution is 6.04. The summed E-state index contributed by atoms with van der Waals surface area (Å²) in [6.45, 7) is 18.0. The predicted molar refractivity (Wildman–Crippen MR) is 192 cm³/mol. The van der Waals surface area contributed by atoms with Crippen molar-refractivity contribution in [3.8, 4) is 23.0 Å². The third-order valence-corrected chi connectivity index (χ3v) is 7.82. The molecule has 0 aliphatic heterocycles. The summed E-state index contributed by atoms with van der Waals surface area (Å²) in [5, 5.41) is 32.7. The molecule has 8 heteroatoms. The molecule has 4 aromatic carbocycles. The third kappa shape index (κ3) is 9.21. The van der Waals surface area contributed by atoms with E-state index in [0.717, 1.165) is 47.7 Å². The van der Waals surface area contributed by atoms with Crippen molar-refractivity contribution in [1.82, 2.24) is 10.6 Å². The molecule has 0 amide bonds. The molecular formula is C38H50N4O4. The Bertz CT molecular complexity index is 1540. The molecule has 0 atom stereocenters. The highest BCUT2D eigenvalue weighted by atomic mass is 16.5. The van der Waals surface area contributed by atoms with Gasteiger partial charge < -0.3 is 30.3 Å². The van der Waals surface area contributed by atoms with Crippen molar-refractivity contribution >= 4 is 34.0 Å². The van der Waals surface area contributed by atoms with E-state index in [9.17, 15) is 10.2 Å². The first-order valence-corrected chi connectivity index (χ1v) is 16.2. The van der Waals surface area contributed by atoms with Gasteiger partial charge in [-0.05, 0) is 58.4 Å². The van der Waals surface area contributed by atoms with E-state index in [1.165, 1.54) is 0 Å². The smallest absolute Gasteiger partial charge is 0.167 e. The summed E-state index contributed by atoms with van der Waals surface area (Å²) >= 11 is 0. The van der Waals surface area contributed by atoms with Crippen molar-refractivity contribution < 1.29 is 19.7 Å². The van der Waals surface area contributed by atoms with Crippen molar-refractivity contribution in [2.45, 2.75) is 41.5 Å². The number of hydrogen-bond donors (Lipinski definition) is 4. The van der Waals surface area contributed by atoms with Crippen LogP contribution >= 0.6 is 0 Å². The molecule has 0 radical (unpaired) electrons. The number of nitrogens with zero attached hydrogens (tertiary/aromatic N) is 2. The number of phenols is 2. The molecule has 0 aliphatic rings. The molecule has 4 rings (SSSR count). The Balaban J connectivity index is 1.23. The van der Waals surface area contributed by atoms with E-state index in [2.05, 4.69) is 38.3 Å². The van der Waals surface area contributed by atoms with Gasteiger partial charge in [0.25, 0.3) is 0 Å². The first kappa shape index (κ1) is 34.7. The molecule has 0 spiro atoms. The van der Waals surface area contributed by atoms with E-state index in [4.69, 9.17) is 19.5 Å². The minimum atomic E-state index is -0.0668. The first-order chi connectivity index (χ1) is 22.0. The summed E-state index contributed by atoms with van der Waals surface area (Å²) in [6.07, 6.45) is 3.54. The fraction of sp³-hybridized carbons (Fsp3) is 0.421. The van der Waals surface area contributed by atoms with Crippen molar-refractivity contribution in [3.05, 3.63) is 71.8 Å². The molecule has 0 fully saturated rings. The lowest BCUT2D eigenvalue weighted by atomic mass is 9.93. The Kier molecular flexibility index (Phi) is 12.0. The number of hydrogen-bond acceptors (Lipinski definition) is 8. The summed E-state index contributed by atoms with van der Waals surface area (Å²) in [7, 11) is 0. The zero-order valence-electron chi connectivity index (χ0n) is 28.2. The van der Waals surface area contributed by atoms with E-state index in [1.54, 1.807) is 12.4 Å². The number of aromatic hydroxyl groups is 2. The Labute approximate surface area is 273 Å². The molecule has 46 heavy (non-hydrogen) atoms. The van der Waals surface area contributed by atoms with E-state index < -0.39 is 0 Å². The van der Waals surface area contributed by atoms with Crippen molar-refractivity contribution in [1.29, 1.82) is 0 Å². The largest absolute Gasteiger partial charge is 0.504 e. The Morgan fingerprint density at radius 2 is 1.04 bits per heavy atom. The van der Waals surface area contributed by atoms with Crippen LogP contribution in [0.25, 0.3) is 21.5 Å². The highest BCUT2D eigenvalue weighted by Gasteiger charge is 2.19. The molecule has 0 aromatic heterocycles. The number of nitrogens with one attached hydrogen (secondary N) is 2. The second kappa shape index (κ2) is 15.9. The molecule has 0 aliphatic carbocycles. The number of benzene rings is 4. The lowest BCUT2D eigenvalue weighted by molar-refractivity contribution is 0.318. The van der Waals surface area contributed by atoms with Gasteiger partial charge in [0.05, 0.1) is 13.2 Å². The lowest BCUT2D eigenvalue weighted by Gasteiger charge is -2.25. The summed E-state index contributed by atoms with van der Waals surface area (Å²) in [5.41, 5.74) is 1.24. The first-order valence-electron chi connectivity index (χ1n) is 16.2. The molecule has 0 saturated carbocycles. The molecule has 4 N–H and O–H groups in total. The van der Waals surface area contributed by atoms with Crippen LogP contribution in [-0.2, 0) is 0 Å². The van der Waals surface area contributed by atoms with Crippen LogP contribution in [0.1, 0.15) is 52.7 Å². The summed E-state index contributed by atoms with van der Waals surface area (Å²) in [5.74, 6) is 1.21. The fourth-order valence-corrected chi connectivity index (χ4v) is 5.38. The molecule has 0 bridgehead atoms. The number of aliphatic imine (C=N–C) groups is 2. The average molecular weight is 627 g/mol. The quantitative estimate of drug-likeness (QED) is 0.0745. The van der Waals surface area contributed by atoms with Gasteiger partial charge in [-0.2, -0.15) is 0 Å². The van der Waals surface area contributed by atoms with Crippen molar-refractivity contribution in [2.75, 3.05) is 52.5 Å². The van der Waals surface area contributed by atoms with Crippen LogP contribution in [0, 0.1) is 10.8 Å². The lowest BCUT2D eigenvalue weighted by Crippen LogP contribution is -2.39. The zero-order valence-corrected chi connectivity index (χ0v) is 28.2. The third-order valence-electron chi connectivity index (χ3n) is 7.82. The van der Waals surface area contributed by atoms with Crippen LogP contribution in [0.4, 0.5) is 0 Å². The van der Waals surface area contributed by atoms with Gasteiger partial charge in [0.2, 0.25) is 0 Å². The average Bonchev–Trinajstić information content (AvgIpc) is 3.02. The molecule has 246 valence electrons. The maximum Gasteiger partial charge on any atom is 0.167 e. The van der Waals surface area contributed by atoms with Crippen LogP contribution < -0.4 is 20.1 Å². The van der Waals surface area contributed by atoms with Crippen LogP contribution in [-0.4, -0.2) is 75.1 Å². The number of rotatable bonds is 17. The van der Waals surface area contributed by atoms with Crippen LogP contribution in [0.2, 0.25) is 0 Å². The SMILES string of the molecule is CCOc1cc2ccccc2c(C=NCC(C)(C)CNCCNCC(C)(C)CN=Cc2c(O)c(OCC)cc3ccccc23)c1O. The summed E-state index contributed by atoms with van der Waals surface area (Å²) in [6, 6.07) is 19.7. The van der Waals surface area contributed by atoms with E-state index in [-0.39, 0.29) is 22.3 Å². The maximum atomic E-state index is 10.8. The number of phenolic OH excluding ortho intramolecular Hbond substituents is 2. The normalized spacial score (nSPS) is 12.6. The maximum absolute atomic E-state index is 10.8. The van der Waals surface area contributed by atoms with Gasteiger partial charge in [-0.1, -0.05) is 76.2 Å². The topological polar surface area (TPSA) is 108 Å². The minimum absolute atomic E-state index is 0.0668. The molecule has 0 heterocycles. The van der Waals surface area contributed by atoms with Gasteiger partial charge in [0, 0.05) is 62.8 Å². The van der Waals surface area contributed by atoms with E-state index in [0.29, 0.717) is 48.9 Å². The zero-order chi connectivity index (χ0) is 33.2. The number of fused-ring (bicyclic) bond motifs is 2. The van der Waals surface area contributed by atoms with Gasteiger partial charge in [0.1, 0.15) is 0 Å². The molecular weight excluding hydrogens is 576 g/mol. The Morgan fingerprint density at radius 1 is 0.652 bits per heavy atom. The van der Waals surface area contributed by atoms with Gasteiger partial charge >= 0.3 is 0 Å². The Morgan fingerprint density at radius 3 is 1.43 bits per heavy atom. The summed E-state index contributed by atoms with van der Waals surface area (Å²) < 4.78 is 11.3. The van der Waals surface area contributed by atoms with Gasteiger partial charge in [-0.25, -0.2) is 0 Å². The molecule has 0 saturated heterocycles. The number of ether oxygens (including phenoxy) is 2.